The van der Waals surface area contributed by atoms with Crippen molar-refractivity contribution in [3.05, 3.63) is 12.2 Å². The zero-order valence-electron chi connectivity index (χ0n) is 20.8. The highest BCUT2D eigenvalue weighted by atomic mass is 16.7. The van der Waals surface area contributed by atoms with E-state index in [-0.39, 0.29) is 54.6 Å². The van der Waals surface area contributed by atoms with Gasteiger partial charge in [-0.05, 0) is 50.5 Å². The number of ketones is 1. The van der Waals surface area contributed by atoms with Crippen molar-refractivity contribution in [3.63, 3.8) is 0 Å². The van der Waals surface area contributed by atoms with Crippen molar-refractivity contribution in [2.45, 2.75) is 132 Å². The summed E-state index contributed by atoms with van der Waals surface area (Å²) in [4.78, 5) is 12.8. The largest absolute Gasteiger partial charge is 0.390 e. The lowest BCUT2D eigenvalue weighted by molar-refractivity contribution is -0.277. The molecule has 6 fully saturated rings. The van der Waals surface area contributed by atoms with Gasteiger partial charge in [0.1, 0.15) is 18.0 Å². The lowest BCUT2D eigenvalue weighted by Crippen LogP contribution is -2.58. The molecule has 0 spiro atoms. The zero-order valence-corrected chi connectivity index (χ0v) is 20.8. The van der Waals surface area contributed by atoms with Crippen LogP contribution in [0.15, 0.2) is 12.2 Å². The Kier molecular flexibility index (Phi) is 6.84. The van der Waals surface area contributed by atoms with Crippen LogP contribution in [0.3, 0.4) is 0 Å². The van der Waals surface area contributed by atoms with Crippen molar-refractivity contribution >= 4 is 5.78 Å². The highest BCUT2D eigenvalue weighted by molar-refractivity contribution is 5.79. The molecule has 6 saturated heterocycles. The molecular formula is C27H40O8. The first-order valence-electron chi connectivity index (χ1n) is 13.6. The summed E-state index contributed by atoms with van der Waals surface area (Å²) in [6, 6.07) is 0. The molecular weight excluding hydrogens is 452 g/mol. The van der Waals surface area contributed by atoms with Gasteiger partial charge < -0.3 is 33.5 Å². The Morgan fingerprint density at radius 2 is 1.91 bits per heavy atom. The van der Waals surface area contributed by atoms with E-state index in [9.17, 15) is 9.90 Å². The van der Waals surface area contributed by atoms with Crippen LogP contribution in [0.25, 0.3) is 0 Å². The van der Waals surface area contributed by atoms with Gasteiger partial charge in [0.2, 0.25) is 0 Å². The maximum Gasteiger partial charge on any atom is 0.172 e. The first-order chi connectivity index (χ1) is 16.9. The van der Waals surface area contributed by atoms with Crippen LogP contribution in [0.2, 0.25) is 0 Å². The van der Waals surface area contributed by atoms with Crippen LogP contribution in [0.5, 0.6) is 0 Å². The molecule has 6 aliphatic heterocycles. The molecule has 0 aliphatic carbocycles. The molecule has 11 atom stereocenters. The lowest BCUT2D eigenvalue weighted by Gasteiger charge is -2.47. The number of ether oxygens (including phenoxy) is 6. The Morgan fingerprint density at radius 1 is 1.03 bits per heavy atom. The minimum absolute atomic E-state index is 0.0953. The van der Waals surface area contributed by atoms with Gasteiger partial charge in [0.05, 0.1) is 49.3 Å². The molecule has 8 nitrogen and oxygen atoms in total. The summed E-state index contributed by atoms with van der Waals surface area (Å²) in [7, 11) is 0. The van der Waals surface area contributed by atoms with Crippen molar-refractivity contribution < 1.29 is 38.3 Å². The predicted octanol–water partition coefficient (Wildman–Crippen LogP) is 2.84. The Hall–Kier alpha value is -0.870. The van der Waals surface area contributed by atoms with Gasteiger partial charge in [0.15, 0.2) is 5.79 Å². The molecule has 196 valence electrons. The highest BCUT2D eigenvalue weighted by Crippen LogP contribution is 2.48. The third-order valence-corrected chi connectivity index (χ3v) is 9.02. The van der Waals surface area contributed by atoms with Gasteiger partial charge in [0.25, 0.3) is 0 Å². The van der Waals surface area contributed by atoms with Crippen LogP contribution in [-0.4, -0.2) is 84.8 Å². The number of aliphatic hydroxyl groups excluding tert-OH is 1. The summed E-state index contributed by atoms with van der Waals surface area (Å²) in [6.45, 7) is 7.46. The number of fused-ring (bicyclic) bond motifs is 7. The second-order valence-electron chi connectivity index (χ2n) is 11.7. The molecule has 4 bridgehead atoms. The highest BCUT2D eigenvalue weighted by Gasteiger charge is 2.59. The molecule has 8 heteroatoms. The van der Waals surface area contributed by atoms with E-state index in [4.69, 9.17) is 28.4 Å². The van der Waals surface area contributed by atoms with Gasteiger partial charge in [-0.25, -0.2) is 0 Å². The van der Waals surface area contributed by atoms with Gasteiger partial charge in [0, 0.05) is 38.7 Å². The number of carbonyl (C=O) groups is 1. The van der Waals surface area contributed by atoms with E-state index >= 15 is 0 Å². The second-order valence-corrected chi connectivity index (χ2v) is 11.7. The van der Waals surface area contributed by atoms with Crippen LogP contribution in [0, 0.1) is 5.92 Å². The van der Waals surface area contributed by atoms with Gasteiger partial charge in [-0.1, -0.05) is 6.58 Å². The number of hydrogen-bond acceptors (Lipinski definition) is 8. The third-order valence-electron chi connectivity index (χ3n) is 9.02. The average Bonchev–Trinajstić information content (AvgIpc) is 3.49. The molecule has 35 heavy (non-hydrogen) atoms. The Balaban J connectivity index is 1.10. The molecule has 1 unspecified atom stereocenters. The minimum atomic E-state index is -0.847. The van der Waals surface area contributed by atoms with Crippen molar-refractivity contribution in [1.82, 2.24) is 0 Å². The van der Waals surface area contributed by atoms with Crippen molar-refractivity contribution in [1.29, 1.82) is 0 Å². The van der Waals surface area contributed by atoms with E-state index in [0.717, 1.165) is 44.3 Å². The minimum Gasteiger partial charge on any atom is -0.390 e. The molecule has 1 N–H and O–H groups in total. The van der Waals surface area contributed by atoms with Gasteiger partial charge >= 0.3 is 0 Å². The maximum absolute atomic E-state index is 12.8. The predicted molar refractivity (Wildman–Crippen MR) is 125 cm³/mol. The fraction of sp³-hybridized carbons (Fsp3) is 0.889. The topological polar surface area (TPSA) is 92.7 Å². The number of hydrogen-bond donors (Lipinski definition) is 1. The summed E-state index contributed by atoms with van der Waals surface area (Å²) >= 11 is 0. The van der Waals surface area contributed by atoms with Crippen LogP contribution < -0.4 is 0 Å². The summed E-state index contributed by atoms with van der Waals surface area (Å²) in [5.74, 6) is -0.269. The number of rotatable bonds is 7. The molecule has 6 aliphatic rings. The zero-order chi connectivity index (χ0) is 24.2. The number of aliphatic hydroxyl groups is 1. The molecule has 0 aromatic rings. The van der Waals surface area contributed by atoms with E-state index in [1.54, 1.807) is 0 Å². The molecule has 0 saturated carbocycles. The normalized spacial score (nSPS) is 49.1. The SMILES string of the molecule is C=C1CO[C@@H](CC[C@]23C[C@@H](O)C(O2)[C@H]2C[C@@H](O3)[C@H]3O[C@@H](CC(=O)C[C@@H]4CCO[C@H]4C)CC[C@@H]3O2)C1. The van der Waals surface area contributed by atoms with E-state index in [2.05, 4.69) is 13.5 Å². The van der Waals surface area contributed by atoms with Gasteiger partial charge in [-0.2, -0.15) is 0 Å². The number of carbonyl (C=O) groups excluding carboxylic acids is 1. The fourth-order valence-corrected chi connectivity index (χ4v) is 7.11. The summed E-state index contributed by atoms with van der Waals surface area (Å²) in [5.41, 5.74) is 1.12. The standard InChI is InChI=1S/C27H40O8/c1-15-9-19(31-14-15)5-7-27-13-21(29)25(35-27)23-12-24(34-27)26-22(33-23)4-3-20(32-26)11-18(28)10-17-6-8-30-16(17)2/h16-17,19-26,29H,1,3-14H2,2H3/t16-,17-,19-,20+,21+,22-,23+,24+,25?,26-,27+/m0/s1. The van der Waals surface area contributed by atoms with E-state index < -0.39 is 11.9 Å². The van der Waals surface area contributed by atoms with Crippen LogP contribution >= 0.6 is 0 Å². The van der Waals surface area contributed by atoms with Crippen LogP contribution in [0.4, 0.5) is 0 Å². The summed E-state index contributed by atoms with van der Waals surface area (Å²) < 4.78 is 37.5. The summed E-state index contributed by atoms with van der Waals surface area (Å²) in [6.07, 6.45) is 5.50. The van der Waals surface area contributed by atoms with Crippen molar-refractivity contribution in [3.8, 4) is 0 Å². The van der Waals surface area contributed by atoms with Crippen molar-refractivity contribution in [2.75, 3.05) is 13.2 Å². The second kappa shape index (κ2) is 9.78. The average molecular weight is 493 g/mol. The van der Waals surface area contributed by atoms with Gasteiger partial charge in [-0.15, -0.1) is 0 Å². The number of Topliss-reactive ketones (excluding diaryl/α,β-unsaturated/α-hetero) is 1. The Labute approximate surface area is 207 Å². The molecule has 0 amide bonds. The van der Waals surface area contributed by atoms with E-state index in [0.29, 0.717) is 44.6 Å². The first-order valence-corrected chi connectivity index (χ1v) is 13.6. The first kappa shape index (κ1) is 24.5. The van der Waals surface area contributed by atoms with Crippen LogP contribution in [-0.2, 0) is 33.2 Å². The summed E-state index contributed by atoms with van der Waals surface area (Å²) in [5, 5.41) is 10.8. The monoisotopic (exact) mass is 492 g/mol. The molecule has 6 heterocycles. The van der Waals surface area contributed by atoms with Gasteiger partial charge in [-0.3, -0.25) is 4.79 Å². The smallest absolute Gasteiger partial charge is 0.172 e. The van der Waals surface area contributed by atoms with E-state index in [1.165, 1.54) is 0 Å². The van der Waals surface area contributed by atoms with Crippen LogP contribution in [0.1, 0.15) is 71.1 Å². The molecule has 0 radical (unpaired) electrons. The quantitative estimate of drug-likeness (QED) is 0.543. The Morgan fingerprint density at radius 3 is 2.69 bits per heavy atom. The molecule has 6 rings (SSSR count). The maximum atomic E-state index is 12.8. The lowest BCUT2D eigenvalue weighted by atomic mass is 9.86. The van der Waals surface area contributed by atoms with Crippen molar-refractivity contribution in [2.24, 2.45) is 5.92 Å². The molecule has 0 aromatic heterocycles. The Bertz CT molecular complexity index is 817. The van der Waals surface area contributed by atoms with E-state index in [1.807, 2.05) is 0 Å². The molecule has 0 aromatic carbocycles. The fourth-order valence-electron chi connectivity index (χ4n) is 7.11. The third kappa shape index (κ3) is 5.00.